The summed E-state index contributed by atoms with van der Waals surface area (Å²) in [7, 11) is 0. The lowest BCUT2D eigenvalue weighted by Crippen LogP contribution is -2.38. The Balaban J connectivity index is 1.58. The molecule has 20 heavy (non-hydrogen) atoms. The second-order valence-electron chi connectivity index (χ2n) is 4.49. The van der Waals surface area contributed by atoms with E-state index in [9.17, 15) is 14.4 Å². The first-order valence-corrected chi connectivity index (χ1v) is 7.42. The Morgan fingerprint density at radius 3 is 2.95 bits per heavy atom. The highest BCUT2D eigenvalue weighted by Crippen LogP contribution is 2.11. The molecule has 0 atom stereocenters. The first-order chi connectivity index (χ1) is 9.66. The number of urea groups is 1. The third-order valence-electron chi connectivity index (χ3n) is 3.00. The SMILES string of the molecule is O=C(CCCc1cccs1)NCCN1C(=O)CNC1=O. The molecule has 6 nitrogen and oxygen atoms in total. The van der Waals surface area contributed by atoms with E-state index in [2.05, 4.69) is 16.7 Å². The van der Waals surface area contributed by atoms with E-state index in [1.165, 1.54) is 4.88 Å². The van der Waals surface area contributed by atoms with Crippen molar-refractivity contribution in [3.63, 3.8) is 0 Å². The Labute approximate surface area is 121 Å². The average Bonchev–Trinajstić information content (AvgIpc) is 3.03. The molecule has 1 saturated heterocycles. The average molecular weight is 295 g/mol. The van der Waals surface area contributed by atoms with E-state index in [0.717, 1.165) is 17.7 Å². The molecule has 2 heterocycles. The number of amides is 4. The molecular weight excluding hydrogens is 278 g/mol. The fourth-order valence-corrected chi connectivity index (χ4v) is 2.71. The Bertz CT molecular complexity index is 471. The van der Waals surface area contributed by atoms with E-state index in [-0.39, 0.29) is 30.9 Å². The van der Waals surface area contributed by atoms with Crippen molar-refractivity contribution >= 4 is 29.2 Å². The quantitative estimate of drug-likeness (QED) is 0.728. The van der Waals surface area contributed by atoms with Crippen LogP contribution in [0, 0.1) is 0 Å². The molecule has 7 heteroatoms. The maximum absolute atomic E-state index is 11.6. The molecule has 0 aliphatic carbocycles. The van der Waals surface area contributed by atoms with Crippen LogP contribution in [0.5, 0.6) is 0 Å². The number of hydrogen-bond donors (Lipinski definition) is 2. The molecule has 0 aromatic carbocycles. The summed E-state index contributed by atoms with van der Waals surface area (Å²) in [4.78, 5) is 36.5. The molecule has 1 aliphatic heterocycles. The van der Waals surface area contributed by atoms with Gasteiger partial charge < -0.3 is 10.6 Å². The van der Waals surface area contributed by atoms with Gasteiger partial charge in [0, 0.05) is 24.4 Å². The molecule has 2 rings (SSSR count). The lowest BCUT2D eigenvalue weighted by Gasteiger charge is -2.12. The predicted molar refractivity (Wildman–Crippen MR) is 75.4 cm³/mol. The summed E-state index contributed by atoms with van der Waals surface area (Å²) >= 11 is 1.69. The summed E-state index contributed by atoms with van der Waals surface area (Å²) in [5, 5.41) is 7.18. The van der Waals surface area contributed by atoms with Crippen LogP contribution in [0.1, 0.15) is 17.7 Å². The minimum atomic E-state index is -0.387. The van der Waals surface area contributed by atoms with Gasteiger partial charge in [-0.1, -0.05) is 6.07 Å². The van der Waals surface area contributed by atoms with E-state index in [1.54, 1.807) is 11.3 Å². The lowest BCUT2D eigenvalue weighted by atomic mass is 10.2. The number of rotatable bonds is 7. The van der Waals surface area contributed by atoms with Crippen LogP contribution >= 0.6 is 11.3 Å². The zero-order valence-electron chi connectivity index (χ0n) is 11.1. The van der Waals surface area contributed by atoms with Crippen LogP contribution in [0.4, 0.5) is 4.79 Å². The van der Waals surface area contributed by atoms with Crippen molar-refractivity contribution in [2.24, 2.45) is 0 Å². The Morgan fingerprint density at radius 2 is 2.30 bits per heavy atom. The van der Waals surface area contributed by atoms with Crippen LogP contribution in [-0.2, 0) is 16.0 Å². The van der Waals surface area contributed by atoms with Crippen LogP contribution in [0.2, 0.25) is 0 Å². The number of carbonyl (C=O) groups excluding carboxylic acids is 3. The fourth-order valence-electron chi connectivity index (χ4n) is 1.96. The number of aryl methyl sites for hydroxylation is 1. The fraction of sp³-hybridized carbons (Fsp3) is 0.462. The van der Waals surface area contributed by atoms with Gasteiger partial charge in [0.05, 0.1) is 6.54 Å². The minimum absolute atomic E-state index is 0.0476. The topological polar surface area (TPSA) is 78.5 Å². The van der Waals surface area contributed by atoms with Crippen LogP contribution in [0.15, 0.2) is 17.5 Å². The molecular formula is C13H17N3O3S. The van der Waals surface area contributed by atoms with Crippen molar-refractivity contribution in [2.75, 3.05) is 19.6 Å². The third kappa shape index (κ3) is 4.06. The number of imide groups is 1. The number of carbonyl (C=O) groups is 3. The van der Waals surface area contributed by atoms with E-state index >= 15 is 0 Å². The van der Waals surface area contributed by atoms with Crippen LogP contribution in [-0.4, -0.2) is 42.4 Å². The van der Waals surface area contributed by atoms with Gasteiger partial charge in [-0.25, -0.2) is 4.79 Å². The molecule has 1 fully saturated rings. The Morgan fingerprint density at radius 1 is 1.45 bits per heavy atom. The third-order valence-corrected chi connectivity index (χ3v) is 3.94. The molecule has 108 valence electrons. The summed E-state index contributed by atoms with van der Waals surface area (Å²) in [6, 6.07) is 3.67. The zero-order valence-corrected chi connectivity index (χ0v) is 11.9. The Hall–Kier alpha value is -1.89. The van der Waals surface area contributed by atoms with Crippen LogP contribution < -0.4 is 10.6 Å². The van der Waals surface area contributed by atoms with Crippen molar-refractivity contribution < 1.29 is 14.4 Å². The molecule has 2 N–H and O–H groups in total. The van der Waals surface area contributed by atoms with Crippen molar-refractivity contribution in [3.8, 4) is 0 Å². The standard InChI is InChI=1S/C13H17N3O3S/c17-11(5-1-3-10-4-2-8-20-10)14-6-7-16-12(18)9-15-13(16)19/h2,4,8H,1,3,5-7,9H2,(H,14,17)(H,15,19). The van der Waals surface area contributed by atoms with Gasteiger partial charge in [-0.2, -0.15) is 0 Å². The first kappa shape index (κ1) is 14.5. The molecule has 0 radical (unpaired) electrons. The first-order valence-electron chi connectivity index (χ1n) is 6.54. The largest absolute Gasteiger partial charge is 0.354 e. The molecule has 4 amide bonds. The van der Waals surface area contributed by atoms with Crippen LogP contribution in [0.25, 0.3) is 0 Å². The highest BCUT2D eigenvalue weighted by molar-refractivity contribution is 7.09. The minimum Gasteiger partial charge on any atom is -0.354 e. The van der Waals surface area contributed by atoms with E-state index in [4.69, 9.17) is 0 Å². The molecule has 0 bridgehead atoms. The van der Waals surface area contributed by atoms with E-state index in [0.29, 0.717) is 13.0 Å². The monoisotopic (exact) mass is 295 g/mol. The van der Waals surface area contributed by atoms with Crippen molar-refractivity contribution in [1.29, 1.82) is 0 Å². The van der Waals surface area contributed by atoms with Gasteiger partial charge in [-0.05, 0) is 24.3 Å². The molecule has 0 saturated carbocycles. The van der Waals surface area contributed by atoms with Gasteiger partial charge in [-0.3, -0.25) is 14.5 Å². The van der Waals surface area contributed by atoms with Crippen LogP contribution in [0.3, 0.4) is 0 Å². The van der Waals surface area contributed by atoms with Crippen molar-refractivity contribution in [3.05, 3.63) is 22.4 Å². The van der Waals surface area contributed by atoms with E-state index in [1.807, 2.05) is 11.4 Å². The number of nitrogens with one attached hydrogen (secondary N) is 2. The zero-order chi connectivity index (χ0) is 14.4. The Kier molecular flexibility index (Phi) is 5.11. The number of hydrogen-bond acceptors (Lipinski definition) is 4. The van der Waals surface area contributed by atoms with E-state index < -0.39 is 0 Å². The van der Waals surface area contributed by atoms with Crippen molar-refractivity contribution in [1.82, 2.24) is 15.5 Å². The summed E-state index contributed by atoms with van der Waals surface area (Å²) in [6.07, 6.45) is 2.16. The molecule has 1 aromatic heterocycles. The summed E-state index contributed by atoms with van der Waals surface area (Å²) < 4.78 is 0. The predicted octanol–water partition coefficient (Wildman–Crippen LogP) is 0.739. The van der Waals surface area contributed by atoms with Gasteiger partial charge in [0.2, 0.25) is 11.8 Å². The normalized spacial score (nSPS) is 14.5. The summed E-state index contributed by atoms with van der Waals surface area (Å²) in [6.45, 7) is 0.575. The molecule has 0 spiro atoms. The van der Waals surface area contributed by atoms with Gasteiger partial charge in [0.15, 0.2) is 0 Å². The number of nitrogens with zero attached hydrogens (tertiary/aromatic N) is 1. The highest BCUT2D eigenvalue weighted by Gasteiger charge is 2.27. The second-order valence-corrected chi connectivity index (χ2v) is 5.52. The maximum atomic E-state index is 11.6. The highest BCUT2D eigenvalue weighted by atomic mass is 32.1. The van der Waals surface area contributed by atoms with Gasteiger partial charge in [0.25, 0.3) is 0 Å². The molecule has 1 aliphatic rings. The van der Waals surface area contributed by atoms with Gasteiger partial charge in [-0.15, -0.1) is 11.3 Å². The maximum Gasteiger partial charge on any atom is 0.324 e. The lowest BCUT2D eigenvalue weighted by molar-refractivity contribution is -0.126. The smallest absolute Gasteiger partial charge is 0.324 e. The summed E-state index contributed by atoms with van der Waals surface area (Å²) in [5.41, 5.74) is 0. The second kappa shape index (κ2) is 7.04. The number of thiophene rings is 1. The van der Waals surface area contributed by atoms with Gasteiger partial charge in [0.1, 0.15) is 0 Å². The van der Waals surface area contributed by atoms with Crippen molar-refractivity contribution in [2.45, 2.75) is 19.3 Å². The summed E-state index contributed by atoms with van der Waals surface area (Å²) in [5.74, 6) is -0.296. The van der Waals surface area contributed by atoms with Gasteiger partial charge >= 0.3 is 6.03 Å². The molecule has 0 unspecified atom stereocenters. The molecule has 1 aromatic rings.